The van der Waals surface area contributed by atoms with Crippen LogP contribution in [0, 0.1) is 12.3 Å². The number of carbonyl (C=O) groups is 2. The molecular weight excluding hydrogens is 334 g/mol. The Labute approximate surface area is 159 Å². The number of aryl methyl sites for hydroxylation is 1. The SMILES string of the molecule is Cc1cc2c(n1-c1ccc(C(=O)c3ccccc3)cc1)CC(C)(C)CC2=O. The lowest BCUT2D eigenvalue weighted by atomic mass is 9.76. The van der Waals surface area contributed by atoms with Gasteiger partial charge in [0, 0.05) is 40.2 Å². The summed E-state index contributed by atoms with van der Waals surface area (Å²) in [6.07, 6.45) is 1.46. The maximum atomic E-state index is 12.6. The van der Waals surface area contributed by atoms with Crippen molar-refractivity contribution >= 4 is 11.6 Å². The first kappa shape index (κ1) is 17.5. The van der Waals surface area contributed by atoms with E-state index in [2.05, 4.69) is 18.4 Å². The highest BCUT2D eigenvalue weighted by atomic mass is 16.1. The number of fused-ring (bicyclic) bond motifs is 1. The maximum Gasteiger partial charge on any atom is 0.193 e. The second kappa shape index (κ2) is 6.34. The summed E-state index contributed by atoms with van der Waals surface area (Å²) in [6, 6.07) is 19.0. The molecule has 136 valence electrons. The highest BCUT2D eigenvalue weighted by Crippen LogP contribution is 2.37. The third-order valence-electron chi connectivity index (χ3n) is 5.30. The van der Waals surface area contributed by atoms with E-state index >= 15 is 0 Å². The standard InChI is InChI=1S/C24H23NO2/c1-16-13-20-21(14-24(2,3)15-22(20)26)25(16)19-11-9-18(10-12-19)23(27)17-7-5-4-6-8-17/h4-13H,14-15H2,1-3H3. The van der Waals surface area contributed by atoms with Gasteiger partial charge in [-0.3, -0.25) is 9.59 Å². The zero-order valence-electron chi connectivity index (χ0n) is 16.0. The monoisotopic (exact) mass is 357 g/mol. The summed E-state index contributed by atoms with van der Waals surface area (Å²) in [5.41, 5.74) is 5.28. The molecule has 3 aromatic rings. The summed E-state index contributed by atoms with van der Waals surface area (Å²) in [7, 11) is 0. The Bertz CT molecular complexity index is 1020. The van der Waals surface area contributed by atoms with Gasteiger partial charge in [0.15, 0.2) is 11.6 Å². The number of hydrogen-bond donors (Lipinski definition) is 0. The third-order valence-corrected chi connectivity index (χ3v) is 5.30. The molecule has 1 aromatic heterocycles. The Hall–Kier alpha value is -2.94. The van der Waals surface area contributed by atoms with E-state index in [0.717, 1.165) is 29.1 Å². The molecule has 3 heteroatoms. The van der Waals surface area contributed by atoms with Crippen LogP contribution < -0.4 is 0 Å². The van der Waals surface area contributed by atoms with Crippen LogP contribution >= 0.6 is 0 Å². The maximum absolute atomic E-state index is 12.6. The van der Waals surface area contributed by atoms with Crippen molar-refractivity contribution in [2.75, 3.05) is 0 Å². The Morgan fingerprint density at radius 1 is 0.926 bits per heavy atom. The van der Waals surface area contributed by atoms with Gasteiger partial charge in [0.1, 0.15) is 0 Å². The largest absolute Gasteiger partial charge is 0.317 e. The van der Waals surface area contributed by atoms with E-state index in [1.54, 1.807) is 0 Å². The van der Waals surface area contributed by atoms with Crippen LogP contribution in [0.4, 0.5) is 0 Å². The first-order valence-electron chi connectivity index (χ1n) is 9.30. The fourth-order valence-electron chi connectivity index (χ4n) is 4.03. The molecular formula is C24H23NO2. The van der Waals surface area contributed by atoms with E-state index in [1.165, 1.54) is 0 Å². The molecule has 1 heterocycles. The van der Waals surface area contributed by atoms with Crippen LogP contribution in [0.3, 0.4) is 0 Å². The van der Waals surface area contributed by atoms with Crippen LogP contribution in [0.15, 0.2) is 60.7 Å². The molecule has 2 aromatic carbocycles. The molecule has 0 saturated heterocycles. The molecule has 0 amide bonds. The average molecular weight is 357 g/mol. The summed E-state index contributed by atoms with van der Waals surface area (Å²) in [4.78, 5) is 25.2. The van der Waals surface area contributed by atoms with Gasteiger partial charge in [-0.1, -0.05) is 44.2 Å². The second-order valence-electron chi connectivity index (χ2n) is 8.16. The summed E-state index contributed by atoms with van der Waals surface area (Å²) < 4.78 is 2.16. The van der Waals surface area contributed by atoms with Gasteiger partial charge in [-0.15, -0.1) is 0 Å². The number of hydrogen-bond acceptors (Lipinski definition) is 2. The first-order valence-corrected chi connectivity index (χ1v) is 9.30. The van der Waals surface area contributed by atoms with Crippen molar-refractivity contribution in [1.82, 2.24) is 4.57 Å². The van der Waals surface area contributed by atoms with Crippen molar-refractivity contribution in [1.29, 1.82) is 0 Å². The molecule has 0 radical (unpaired) electrons. The molecule has 0 saturated carbocycles. The lowest BCUT2D eigenvalue weighted by molar-refractivity contribution is 0.0910. The van der Waals surface area contributed by atoms with Gasteiger partial charge in [0.25, 0.3) is 0 Å². The molecule has 0 fully saturated rings. The van der Waals surface area contributed by atoms with Crippen LogP contribution in [0.25, 0.3) is 5.69 Å². The molecule has 0 bridgehead atoms. The number of aromatic nitrogens is 1. The second-order valence-corrected chi connectivity index (χ2v) is 8.16. The van der Waals surface area contributed by atoms with Crippen molar-refractivity contribution in [3.63, 3.8) is 0 Å². The van der Waals surface area contributed by atoms with Crippen LogP contribution in [0.2, 0.25) is 0 Å². The Balaban J connectivity index is 1.72. The zero-order valence-corrected chi connectivity index (χ0v) is 16.0. The highest BCUT2D eigenvalue weighted by molar-refractivity contribution is 6.09. The molecule has 0 spiro atoms. The first-order chi connectivity index (χ1) is 12.9. The van der Waals surface area contributed by atoms with Crippen molar-refractivity contribution in [2.45, 2.75) is 33.6 Å². The van der Waals surface area contributed by atoms with Crippen LogP contribution in [-0.4, -0.2) is 16.1 Å². The van der Waals surface area contributed by atoms with Crippen molar-refractivity contribution in [2.24, 2.45) is 5.41 Å². The van der Waals surface area contributed by atoms with E-state index in [0.29, 0.717) is 17.5 Å². The Morgan fingerprint density at radius 2 is 1.56 bits per heavy atom. The molecule has 1 aliphatic rings. The van der Waals surface area contributed by atoms with Crippen molar-refractivity contribution in [3.8, 4) is 5.69 Å². The normalized spacial score (nSPS) is 15.4. The van der Waals surface area contributed by atoms with Gasteiger partial charge < -0.3 is 4.57 Å². The lowest BCUT2D eigenvalue weighted by Gasteiger charge is -2.29. The summed E-state index contributed by atoms with van der Waals surface area (Å²) in [5, 5.41) is 0. The van der Waals surface area contributed by atoms with E-state index in [1.807, 2.05) is 67.6 Å². The van der Waals surface area contributed by atoms with Crippen LogP contribution in [0.1, 0.15) is 57.9 Å². The zero-order chi connectivity index (χ0) is 19.2. The Kier molecular flexibility index (Phi) is 4.11. The van der Waals surface area contributed by atoms with Gasteiger partial charge in [-0.05, 0) is 49.1 Å². The molecule has 0 N–H and O–H groups in total. The van der Waals surface area contributed by atoms with Gasteiger partial charge in [-0.25, -0.2) is 0 Å². The summed E-state index contributed by atoms with van der Waals surface area (Å²) in [5.74, 6) is 0.240. The highest BCUT2D eigenvalue weighted by Gasteiger charge is 2.34. The van der Waals surface area contributed by atoms with Gasteiger partial charge in [-0.2, -0.15) is 0 Å². The van der Waals surface area contributed by atoms with E-state index in [9.17, 15) is 9.59 Å². The number of benzene rings is 2. The fraction of sp³-hybridized carbons (Fsp3) is 0.250. The number of Topliss-reactive ketones (excluding diaryl/α,β-unsaturated/α-hetero) is 1. The number of rotatable bonds is 3. The summed E-state index contributed by atoms with van der Waals surface area (Å²) in [6.45, 7) is 6.31. The van der Waals surface area contributed by atoms with Gasteiger partial charge >= 0.3 is 0 Å². The third kappa shape index (κ3) is 3.14. The fourth-order valence-corrected chi connectivity index (χ4v) is 4.03. The Morgan fingerprint density at radius 3 is 2.22 bits per heavy atom. The molecule has 3 nitrogen and oxygen atoms in total. The average Bonchev–Trinajstić information content (AvgIpc) is 2.97. The molecule has 4 rings (SSSR count). The minimum absolute atomic E-state index is 0.0183. The van der Waals surface area contributed by atoms with Crippen molar-refractivity contribution in [3.05, 3.63) is 88.7 Å². The molecule has 27 heavy (non-hydrogen) atoms. The van der Waals surface area contributed by atoms with Gasteiger partial charge in [0.05, 0.1) is 0 Å². The molecule has 0 atom stereocenters. The smallest absolute Gasteiger partial charge is 0.193 e. The topological polar surface area (TPSA) is 39.1 Å². The molecule has 1 aliphatic carbocycles. The summed E-state index contributed by atoms with van der Waals surface area (Å²) >= 11 is 0. The minimum Gasteiger partial charge on any atom is -0.317 e. The lowest BCUT2D eigenvalue weighted by Crippen LogP contribution is -2.27. The van der Waals surface area contributed by atoms with E-state index in [-0.39, 0.29) is 17.0 Å². The number of carbonyl (C=O) groups excluding carboxylic acids is 2. The predicted molar refractivity (Wildman–Crippen MR) is 107 cm³/mol. The van der Waals surface area contributed by atoms with Crippen LogP contribution in [0.5, 0.6) is 0 Å². The quantitative estimate of drug-likeness (QED) is 0.607. The predicted octanol–water partition coefficient (Wildman–Crippen LogP) is 5.17. The van der Waals surface area contributed by atoms with Crippen LogP contribution in [-0.2, 0) is 6.42 Å². The van der Waals surface area contributed by atoms with Crippen molar-refractivity contribution < 1.29 is 9.59 Å². The van der Waals surface area contributed by atoms with E-state index in [4.69, 9.17) is 0 Å². The number of nitrogens with zero attached hydrogens (tertiary/aromatic N) is 1. The number of ketones is 2. The molecule has 0 unspecified atom stereocenters. The minimum atomic E-state index is -0.0319. The molecule has 0 aliphatic heterocycles. The van der Waals surface area contributed by atoms with E-state index < -0.39 is 0 Å². The van der Waals surface area contributed by atoms with Gasteiger partial charge in [0.2, 0.25) is 0 Å².